The van der Waals surface area contributed by atoms with Crippen LogP contribution in [0.5, 0.6) is 0 Å². The highest BCUT2D eigenvalue weighted by Gasteiger charge is 2.24. The Kier molecular flexibility index (Phi) is 6.70. The van der Waals surface area contributed by atoms with Crippen molar-refractivity contribution in [1.29, 1.82) is 0 Å². The number of hydrogen-bond acceptors (Lipinski definition) is 4. The van der Waals surface area contributed by atoms with Gasteiger partial charge in [0.2, 0.25) is 0 Å². The molecule has 2 atom stereocenters. The number of rotatable bonds is 8. The Morgan fingerprint density at radius 2 is 2.11 bits per heavy atom. The van der Waals surface area contributed by atoms with Gasteiger partial charge in [-0.1, -0.05) is 29.8 Å². The minimum Gasteiger partial charge on any atom is -0.474 e. The molecule has 0 bridgehead atoms. The number of nitrogens with one attached hydrogen (secondary N) is 1. The van der Waals surface area contributed by atoms with Crippen LogP contribution in [0.2, 0.25) is 5.02 Å². The first-order valence-corrected chi connectivity index (χ1v) is 6.36. The Bertz CT molecular complexity index is 411. The van der Waals surface area contributed by atoms with Crippen LogP contribution in [0.25, 0.3) is 0 Å². The number of hydrogen-bond donors (Lipinski definition) is 1. The smallest absolute Gasteiger partial charge is 0.179 e. The van der Waals surface area contributed by atoms with Crippen LogP contribution in [0.4, 0.5) is 0 Å². The summed E-state index contributed by atoms with van der Waals surface area (Å²) < 4.78 is 16.2. The van der Waals surface area contributed by atoms with Crippen LogP contribution in [0.3, 0.4) is 0 Å². The van der Waals surface area contributed by atoms with Crippen molar-refractivity contribution in [1.82, 2.24) is 5.32 Å². The molecule has 4 nitrogen and oxygen atoms in total. The van der Waals surface area contributed by atoms with Crippen molar-refractivity contribution in [3.8, 4) is 0 Å². The van der Waals surface area contributed by atoms with E-state index in [0.29, 0.717) is 10.9 Å². The van der Waals surface area contributed by atoms with Gasteiger partial charge in [0.05, 0.1) is 0 Å². The quantitative estimate of drug-likeness (QED) is 0.588. The third-order valence-corrected chi connectivity index (χ3v) is 2.95. The lowest BCUT2D eigenvalue weighted by molar-refractivity contribution is -0.117. The van der Waals surface area contributed by atoms with Crippen LogP contribution in [0.1, 0.15) is 18.6 Å². The number of ether oxygens (including phenoxy) is 3. The third kappa shape index (κ3) is 4.74. The Balaban J connectivity index is 2.88. The Morgan fingerprint density at radius 1 is 1.42 bits per heavy atom. The van der Waals surface area contributed by atoms with Crippen LogP contribution < -0.4 is 5.32 Å². The van der Waals surface area contributed by atoms with Crippen molar-refractivity contribution < 1.29 is 14.2 Å². The molecule has 1 N–H and O–H groups in total. The van der Waals surface area contributed by atoms with E-state index in [2.05, 4.69) is 11.9 Å². The predicted octanol–water partition coefficient (Wildman–Crippen LogP) is 3.10. The summed E-state index contributed by atoms with van der Waals surface area (Å²) >= 11 is 6.20. The lowest BCUT2D eigenvalue weighted by atomic mass is 10.1. The number of halogens is 1. The lowest BCUT2D eigenvalue weighted by Gasteiger charge is -2.26. The zero-order valence-corrected chi connectivity index (χ0v) is 12.2. The van der Waals surface area contributed by atoms with E-state index >= 15 is 0 Å². The second-order valence-electron chi connectivity index (χ2n) is 4.01. The van der Waals surface area contributed by atoms with Crippen LogP contribution >= 0.6 is 11.6 Å². The molecule has 0 unspecified atom stereocenters. The van der Waals surface area contributed by atoms with Gasteiger partial charge in [-0.15, -0.1) is 0 Å². The molecule has 0 aliphatic heterocycles. The molecule has 0 radical (unpaired) electrons. The highest BCUT2D eigenvalue weighted by Crippen LogP contribution is 2.30. The van der Waals surface area contributed by atoms with Crippen molar-refractivity contribution in [2.24, 2.45) is 0 Å². The zero-order valence-electron chi connectivity index (χ0n) is 11.5. The van der Waals surface area contributed by atoms with E-state index in [4.69, 9.17) is 25.8 Å². The van der Waals surface area contributed by atoms with E-state index < -0.39 is 0 Å². The third-order valence-electron chi connectivity index (χ3n) is 2.61. The molecule has 0 fully saturated rings. The maximum atomic E-state index is 6.20. The summed E-state index contributed by atoms with van der Waals surface area (Å²) in [5.74, 6) is 0.477. The zero-order chi connectivity index (χ0) is 14.3. The summed E-state index contributed by atoms with van der Waals surface area (Å²) in [6.45, 7) is 5.80. The van der Waals surface area contributed by atoms with E-state index in [1.165, 1.54) is 0 Å². The first-order valence-electron chi connectivity index (χ1n) is 5.98. The first-order chi connectivity index (χ1) is 9.10. The molecule has 1 aromatic carbocycles. The van der Waals surface area contributed by atoms with Crippen molar-refractivity contribution in [2.45, 2.75) is 19.1 Å². The van der Waals surface area contributed by atoms with E-state index in [9.17, 15) is 0 Å². The average Bonchev–Trinajstić information content (AvgIpc) is 2.40. The van der Waals surface area contributed by atoms with E-state index in [1.807, 2.05) is 31.2 Å². The predicted molar refractivity (Wildman–Crippen MR) is 75.9 cm³/mol. The first kappa shape index (κ1) is 15.8. The largest absolute Gasteiger partial charge is 0.474 e. The molecule has 19 heavy (non-hydrogen) atoms. The van der Waals surface area contributed by atoms with Crippen molar-refractivity contribution in [3.05, 3.63) is 47.3 Å². The summed E-state index contributed by atoms with van der Waals surface area (Å²) in [5.41, 5.74) is 0.859. The Hall–Kier alpha value is -1.23. The van der Waals surface area contributed by atoms with Gasteiger partial charge >= 0.3 is 0 Å². The molecule has 5 heteroatoms. The van der Waals surface area contributed by atoms with E-state index in [-0.39, 0.29) is 19.0 Å². The summed E-state index contributed by atoms with van der Waals surface area (Å²) in [5, 5.41) is 3.47. The summed E-state index contributed by atoms with van der Waals surface area (Å²) in [4.78, 5) is 0. The highest BCUT2D eigenvalue weighted by atomic mass is 35.5. The fourth-order valence-electron chi connectivity index (χ4n) is 1.67. The average molecular weight is 286 g/mol. The molecule has 0 amide bonds. The Morgan fingerprint density at radius 3 is 2.68 bits per heavy atom. The van der Waals surface area contributed by atoms with Crippen molar-refractivity contribution >= 4 is 11.6 Å². The van der Waals surface area contributed by atoms with Gasteiger partial charge < -0.3 is 19.5 Å². The monoisotopic (exact) mass is 285 g/mol. The molecule has 1 aromatic rings. The molecule has 0 aliphatic rings. The second-order valence-corrected chi connectivity index (χ2v) is 4.42. The van der Waals surface area contributed by atoms with Crippen molar-refractivity contribution in [3.63, 3.8) is 0 Å². The summed E-state index contributed by atoms with van der Waals surface area (Å²) in [6, 6.07) is 7.51. The Labute approximate surface area is 119 Å². The van der Waals surface area contributed by atoms with Gasteiger partial charge in [-0.05, 0) is 19.6 Å². The van der Waals surface area contributed by atoms with E-state index in [1.54, 1.807) is 14.2 Å². The van der Waals surface area contributed by atoms with Gasteiger partial charge in [-0.25, -0.2) is 0 Å². The summed E-state index contributed by atoms with van der Waals surface area (Å²) in [6.07, 6.45) is -0.589. The minimum absolute atomic E-state index is 0.162. The van der Waals surface area contributed by atoms with Gasteiger partial charge in [-0.2, -0.15) is 0 Å². The molecule has 0 spiro atoms. The van der Waals surface area contributed by atoms with Gasteiger partial charge in [0.15, 0.2) is 5.88 Å². The molecule has 106 valence electrons. The molecule has 0 aromatic heterocycles. The lowest BCUT2D eigenvalue weighted by Crippen LogP contribution is -2.25. The van der Waals surface area contributed by atoms with Gasteiger partial charge in [-0.3, -0.25) is 0 Å². The topological polar surface area (TPSA) is 39.7 Å². The normalized spacial score (nSPS) is 13.7. The molecular weight excluding hydrogens is 266 g/mol. The molecule has 0 aliphatic carbocycles. The minimum atomic E-state index is -0.334. The van der Waals surface area contributed by atoms with Crippen LogP contribution in [-0.4, -0.2) is 27.1 Å². The molecule has 1 rings (SSSR count). The second kappa shape index (κ2) is 8.04. The van der Waals surface area contributed by atoms with Crippen LogP contribution in [0, 0.1) is 0 Å². The van der Waals surface area contributed by atoms with Crippen LogP contribution in [-0.2, 0) is 14.2 Å². The molecule has 0 saturated carbocycles. The fraction of sp³-hybridized carbons (Fsp3) is 0.429. The standard InChI is InChI=1S/C14H20ClNO3/c1-10(19-11(2)16-3)14(18-9-17-4)12-7-5-6-8-13(12)15/h5-8,10,14,16H,2,9H2,1,3-4H3/t10-,14+/m1/s1. The highest BCUT2D eigenvalue weighted by molar-refractivity contribution is 6.31. The van der Waals surface area contributed by atoms with E-state index in [0.717, 1.165) is 5.56 Å². The SMILES string of the molecule is C=C(NC)O[C@H](C)[C@H](OCOC)c1ccccc1Cl. The summed E-state index contributed by atoms with van der Waals surface area (Å²) in [7, 11) is 3.32. The maximum absolute atomic E-state index is 6.20. The number of methoxy groups -OCH3 is 1. The van der Waals surface area contributed by atoms with Crippen LogP contribution in [0.15, 0.2) is 36.7 Å². The number of benzene rings is 1. The van der Waals surface area contributed by atoms with Gasteiger partial charge in [0, 0.05) is 24.7 Å². The van der Waals surface area contributed by atoms with Gasteiger partial charge in [0.1, 0.15) is 19.0 Å². The molecular formula is C14H20ClNO3. The fourth-order valence-corrected chi connectivity index (χ4v) is 1.91. The maximum Gasteiger partial charge on any atom is 0.179 e. The van der Waals surface area contributed by atoms with Crippen molar-refractivity contribution in [2.75, 3.05) is 21.0 Å². The van der Waals surface area contributed by atoms with Gasteiger partial charge in [0.25, 0.3) is 0 Å². The molecule has 0 saturated heterocycles. The molecule has 0 heterocycles.